The highest BCUT2D eigenvalue weighted by atomic mass is 32.1. The molecule has 0 aliphatic rings. The summed E-state index contributed by atoms with van der Waals surface area (Å²) in [6.07, 6.45) is 4.28. The molecule has 2 N–H and O–H groups in total. The number of nitrogens with zero attached hydrogens (tertiary/aromatic N) is 1. The standard InChI is InChI=1S/C26H25FN2O7S/c1-15(13-21-16(2)29-26(37-21)36-18-10-8-17(27)9-11-18)23(31)22-20(30)14-19(35-24(22)32)7-5-4-6-12-28-25(33)34-3/h6,8-14,30H,4-5,7H2,1-3H3,(H,28,33)/b12-6+,15-13+/i3D3. The summed E-state index contributed by atoms with van der Waals surface area (Å²) in [5.74, 6) is -1.09. The van der Waals surface area contributed by atoms with Crippen LogP contribution in [0.25, 0.3) is 6.08 Å². The fraction of sp³-hybridized carbons (Fsp3) is 0.231. The minimum atomic E-state index is -2.84. The lowest BCUT2D eigenvalue weighted by atomic mass is 10.0. The van der Waals surface area contributed by atoms with Crippen LogP contribution >= 0.6 is 11.3 Å². The number of allylic oxidation sites excluding steroid dienone is 2. The van der Waals surface area contributed by atoms with Crippen LogP contribution in [0.5, 0.6) is 16.7 Å². The molecular formula is C26H25FN2O7S. The Hall–Kier alpha value is -4.25. The van der Waals surface area contributed by atoms with Gasteiger partial charge in [0.2, 0.25) is 0 Å². The molecule has 37 heavy (non-hydrogen) atoms. The number of nitrogens with one attached hydrogen (secondary N) is 1. The van der Waals surface area contributed by atoms with Crippen molar-refractivity contribution in [1.29, 1.82) is 0 Å². The molecule has 3 aromatic rings. The van der Waals surface area contributed by atoms with Gasteiger partial charge in [-0.15, -0.1) is 0 Å². The number of benzene rings is 1. The number of unbranched alkanes of at least 4 members (excludes halogenated alkanes) is 1. The molecule has 9 nitrogen and oxygen atoms in total. The van der Waals surface area contributed by atoms with Gasteiger partial charge in [0.1, 0.15) is 28.6 Å². The molecule has 0 spiro atoms. The predicted molar refractivity (Wildman–Crippen MR) is 136 cm³/mol. The number of hydrogen-bond acceptors (Lipinski definition) is 9. The molecule has 0 saturated carbocycles. The Morgan fingerprint density at radius 3 is 2.78 bits per heavy atom. The zero-order valence-electron chi connectivity index (χ0n) is 22.9. The monoisotopic (exact) mass is 531 g/mol. The van der Waals surface area contributed by atoms with Gasteiger partial charge < -0.3 is 19.0 Å². The smallest absolute Gasteiger partial charge is 0.410 e. The molecule has 0 saturated heterocycles. The van der Waals surface area contributed by atoms with Crippen molar-refractivity contribution < 1.29 is 37.1 Å². The number of rotatable bonds is 10. The number of carbonyl (C=O) groups excluding carboxylic acids is 2. The van der Waals surface area contributed by atoms with E-state index in [0.29, 0.717) is 29.2 Å². The van der Waals surface area contributed by atoms with E-state index in [1.54, 1.807) is 13.0 Å². The van der Waals surface area contributed by atoms with Gasteiger partial charge in [-0.05, 0) is 62.6 Å². The van der Waals surface area contributed by atoms with Crippen LogP contribution in [0.4, 0.5) is 9.18 Å². The number of aryl methyl sites for hydroxylation is 2. The SMILES string of the molecule is [2H]C([2H])([2H])OC(=O)N/C=C/CCCc1cc(O)c(C(=O)/C(C)=C/c2sc(Oc3ccc(F)cc3)nc2C)c(=O)o1. The number of carbonyl (C=O) groups is 2. The highest BCUT2D eigenvalue weighted by Crippen LogP contribution is 2.31. The maximum Gasteiger partial charge on any atom is 0.410 e. The molecule has 0 fully saturated rings. The molecule has 194 valence electrons. The van der Waals surface area contributed by atoms with Crippen molar-refractivity contribution in [3.05, 3.63) is 86.3 Å². The number of ether oxygens (including phenoxy) is 2. The number of aromatic hydroxyl groups is 1. The van der Waals surface area contributed by atoms with E-state index < -0.39 is 41.7 Å². The topological polar surface area (TPSA) is 128 Å². The number of halogens is 1. The van der Waals surface area contributed by atoms with Crippen LogP contribution in [-0.4, -0.2) is 29.0 Å². The molecule has 1 amide bonds. The number of aromatic nitrogens is 1. The van der Waals surface area contributed by atoms with Crippen LogP contribution in [0.1, 0.15) is 50.6 Å². The lowest BCUT2D eigenvalue weighted by molar-refractivity contribution is 0.102. The van der Waals surface area contributed by atoms with Gasteiger partial charge in [-0.2, -0.15) is 0 Å². The van der Waals surface area contributed by atoms with Gasteiger partial charge >= 0.3 is 11.7 Å². The van der Waals surface area contributed by atoms with Gasteiger partial charge in [-0.25, -0.2) is 19.0 Å². The Bertz CT molecular complexity index is 1500. The minimum Gasteiger partial charge on any atom is -0.507 e. The van der Waals surface area contributed by atoms with Crippen LogP contribution in [0, 0.1) is 12.7 Å². The number of alkyl carbamates (subject to hydrolysis) is 1. The largest absolute Gasteiger partial charge is 0.507 e. The number of methoxy groups -OCH3 is 1. The van der Waals surface area contributed by atoms with E-state index in [2.05, 4.69) is 15.0 Å². The zero-order valence-corrected chi connectivity index (χ0v) is 20.7. The van der Waals surface area contributed by atoms with Gasteiger partial charge in [0.25, 0.3) is 5.19 Å². The van der Waals surface area contributed by atoms with Gasteiger partial charge in [0.05, 0.1) is 21.7 Å². The zero-order chi connectivity index (χ0) is 29.4. The average molecular weight is 532 g/mol. The van der Waals surface area contributed by atoms with E-state index in [-0.39, 0.29) is 22.9 Å². The number of amides is 1. The third kappa shape index (κ3) is 7.61. The first-order valence-corrected chi connectivity index (χ1v) is 11.8. The van der Waals surface area contributed by atoms with Crippen LogP contribution in [-0.2, 0) is 11.2 Å². The fourth-order valence-electron chi connectivity index (χ4n) is 3.12. The maximum absolute atomic E-state index is 13.1. The Labute approximate surface area is 220 Å². The fourth-order valence-corrected chi connectivity index (χ4v) is 4.06. The summed E-state index contributed by atoms with van der Waals surface area (Å²) in [4.78, 5) is 41.6. The van der Waals surface area contributed by atoms with Gasteiger partial charge in [0, 0.05) is 18.7 Å². The molecule has 0 bridgehead atoms. The Balaban J connectivity index is 1.61. The second kappa shape index (κ2) is 12.6. The molecule has 0 radical (unpaired) electrons. The van der Waals surface area contributed by atoms with Crippen molar-refractivity contribution in [2.24, 2.45) is 0 Å². The lowest BCUT2D eigenvalue weighted by Crippen LogP contribution is -2.16. The van der Waals surface area contributed by atoms with Crippen LogP contribution in [0.15, 0.2) is 57.4 Å². The van der Waals surface area contributed by atoms with E-state index >= 15 is 0 Å². The Morgan fingerprint density at radius 2 is 2.08 bits per heavy atom. The van der Waals surface area contributed by atoms with Crippen LogP contribution in [0.3, 0.4) is 0 Å². The van der Waals surface area contributed by atoms with E-state index in [9.17, 15) is 23.9 Å². The van der Waals surface area contributed by atoms with E-state index in [4.69, 9.17) is 13.3 Å². The third-order valence-electron chi connectivity index (χ3n) is 4.95. The summed E-state index contributed by atoms with van der Waals surface area (Å²) in [7, 11) is -2.84. The molecular weight excluding hydrogens is 503 g/mol. The molecule has 0 unspecified atom stereocenters. The number of hydrogen-bond donors (Lipinski definition) is 2. The quantitative estimate of drug-likeness (QED) is 0.199. The number of Topliss-reactive ketones (excluding diaryl/α,β-unsaturated/α-hetero) is 1. The van der Waals surface area contributed by atoms with Crippen molar-refractivity contribution in [2.75, 3.05) is 7.04 Å². The molecule has 2 heterocycles. The predicted octanol–water partition coefficient (Wildman–Crippen LogP) is 5.52. The summed E-state index contributed by atoms with van der Waals surface area (Å²) >= 11 is 1.15. The van der Waals surface area contributed by atoms with Gasteiger partial charge in [-0.1, -0.05) is 17.4 Å². The highest BCUT2D eigenvalue weighted by Gasteiger charge is 2.21. The summed E-state index contributed by atoms with van der Waals surface area (Å²) < 4.78 is 48.6. The van der Waals surface area contributed by atoms with E-state index in [0.717, 1.165) is 11.3 Å². The summed E-state index contributed by atoms with van der Waals surface area (Å²) in [5.41, 5.74) is -0.762. The molecule has 2 aromatic heterocycles. The highest BCUT2D eigenvalue weighted by molar-refractivity contribution is 7.14. The van der Waals surface area contributed by atoms with Gasteiger partial charge in [0.15, 0.2) is 5.78 Å². The summed E-state index contributed by atoms with van der Waals surface area (Å²) in [6.45, 7) is 3.20. The normalized spacial score (nSPS) is 13.1. The summed E-state index contributed by atoms with van der Waals surface area (Å²) in [5, 5.41) is 12.8. The van der Waals surface area contributed by atoms with Crippen molar-refractivity contribution in [3.63, 3.8) is 0 Å². The number of ketones is 1. The molecule has 0 atom stereocenters. The molecule has 1 aromatic carbocycles. The molecule has 0 aliphatic heterocycles. The first kappa shape index (κ1) is 23.2. The second-order valence-electron chi connectivity index (χ2n) is 7.73. The summed E-state index contributed by atoms with van der Waals surface area (Å²) in [6, 6.07) is 6.62. The lowest BCUT2D eigenvalue weighted by Gasteiger charge is -2.05. The molecule has 0 aliphatic carbocycles. The number of thiazole rings is 1. The van der Waals surface area contributed by atoms with E-state index in [1.165, 1.54) is 49.5 Å². The van der Waals surface area contributed by atoms with Crippen molar-refractivity contribution in [3.8, 4) is 16.7 Å². The van der Waals surface area contributed by atoms with Gasteiger partial charge in [-0.3, -0.25) is 10.1 Å². The Kier molecular flexibility index (Phi) is 7.91. The first-order valence-electron chi connectivity index (χ1n) is 12.5. The van der Waals surface area contributed by atoms with Crippen LogP contribution in [0.2, 0.25) is 0 Å². The van der Waals surface area contributed by atoms with E-state index in [1.807, 2.05) is 0 Å². The first-order chi connectivity index (χ1) is 18.8. The van der Waals surface area contributed by atoms with Crippen molar-refractivity contribution in [1.82, 2.24) is 10.3 Å². The van der Waals surface area contributed by atoms with Crippen LogP contribution < -0.4 is 15.7 Å². The third-order valence-corrected chi connectivity index (χ3v) is 5.93. The Morgan fingerprint density at radius 1 is 1.32 bits per heavy atom. The maximum atomic E-state index is 13.1. The average Bonchev–Trinajstić information content (AvgIpc) is 3.19. The molecule has 11 heteroatoms. The minimum absolute atomic E-state index is 0.157. The molecule has 3 rings (SSSR count). The second-order valence-corrected chi connectivity index (χ2v) is 8.72. The van der Waals surface area contributed by atoms with Crippen molar-refractivity contribution in [2.45, 2.75) is 33.1 Å². The van der Waals surface area contributed by atoms with Crippen molar-refractivity contribution >= 4 is 29.3 Å².